The molecule has 3 saturated carbocycles. The summed E-state index contributed by atoms with van der Waals surface area (Å²) in [6, 6.07) is 5.07. The number of hydrogen-bond donors (Lipinski definition) is 6. The number of benzene rings is 1. The van der Waals surface area contributed by atoms with Gasteiger partial charge >= 0.3 is 11.9 Å². The number of aromatic nitrogens is 1. The van der Waals surface area contributed by atoms with Crippen LogP contribution in [0.2, 0.25) is 0 Å². The smallest absolute Gasteiger partial charge is 0.326 e. The molecule has 6 N–H and O–H groups in total. The topological polar surface area (TPSA) is 212 Å². The number of para-hydroxylation sites is 1. The molecule has 6 unspecified atom stereocenters. The van der Waals surface area contributed by atoms with Crippen molar-refractivity contribution in [2.45, 2.75) is 116 Å². The first kappa shape index (κ1) is 39.3. The summed E-state index contributed by atoms with van der Waals surface area (Å²) in [6.45, 7) is 6.71. The highest BCUT2D eigenvalue weighted by molar-refractivity contribution is 5.93. The number of aliphatic hydroxyl groups excluding tert-OH is 1. The molecule has 4 aliphatic carbocycles. The van der Waals surface area contributed by atoms with Crippen LogP contribution in [0.15, 0.2) is 42.1 Å². The number of carbonyl (C=O) groups excluding carboxylic acids is 5. The number of H-pyrrole nitrogens is 1. The number of rotatable bonds is 13. The molecule has 1 aromatic carbocycles. The van der Waals surface area contributed by atoms with E-state index in [2.05, 4.69) is 22.5 Å². The first-order valence-corrected chi connectivity index (χ1v) is 19.2. The van der Waals surface area contributed by atoms with Gasteiger partial charge in [0.1, 0.15) is 17.7 Å². The Labute approximate surface area is 314 Å². The summed E-state index contributed by atoms with van der Waals surface area (Å²) in [5.41, 5.74) is -0.389. The van der Waals surface area contributed by atoms with E-state index in [1.807, 2.05) is 31.2 Å². The van der Waals surface area contributed by atoms with Crippen molar-refractivity contribution in [3.8, 4) is 0 Å². The Morgan fingerprint density at radius 3 is 2.48 bits per heavy atom. The van der Waals surface area contributed by atoms with Crippen molar-refractivity contribution in [2.24, 2.45) is 34.5 Å². The molecular formula is C41H53N3O10. The molecule has 9 atom stereocenters. The molecule has 0 radical (unpaired) electrons. The lowest BCUT2D eigenvalue weighted by atomic mass is 9.45. The minimum atomic E-state index is -1.80. The number of fused-ring (bicyclic) bond motifs is 6. The van der Waals surface area contributed by atoms with Crippen molar-refractivity contribution in [2.75, 3.05) is 6.61 Å². The predicted octanol–water partition coefficient (Wildman–Crippen LogP) is 3.55. The van der Waals surface area contributed by atoms with Gasteiger partial charge in [0.25, 0.3) is 0 Å². The minimum absolute atomic E-state index is 0.0199. The Kier molecular flexibility index (Phi) is 11.0. The monoisotopic (exact) mass is 747 g/mol. The SMILES string of the molecule is CC(C)C(NC(=O)CCC(=O)OCC(=O)[C@@]1(O)CCC2C3CCC4=CC(=O)CC[C@]4(C)C3C(O)C[C@@]21C)C(=O)NC(Cc1c[nH]c2ccccc12)C(=O)O. The number of carboxylic acids is 1. The zero-order valence-corrected chi connectivity index (χ0v) is 31.5. The van der Waals surface area contributed by atoms with E-state index in [9.17, 15) is 44.1 Å². The zero-order chi connectivity index (χ0) is 39.2. The van der Waals surface area contributed by atoms with Crippen LogP contribution in [-0.2, 0) is 39.9 Å². The Bertz CT molecular complexity index is 1870. The molecule has 54 heavy (non-hydrogen) atoms. The Hall–Kier alpha value is -4.36. The third-order valence-corrected chi connectivity index (χ3v) is 13.4. The van der Waals surface area contributed by atoms with Gasteiger partial charge in [-0.05, 0) is 85.3 Å². The van der Waals surface area contributed by atoms with Crippen molar-refractivity contribution in [3.63, 3.8) is 0 Å². The number of carboxylic acid groups (broad SMARTS) is 1. The second-order valence-corrected chi connectivity index (χ2v) is 16.8. The largest absolute Gasteiger partial charge is 0.480 e. The normalized spacial score (nSPS) is 31.4. The highest BCUT2D eigenvalue weighted by Crippen LogP contribution is 2.67. The van der Waals surface area contributed by atoms with E-state index in [1.54, 1.807) is 26.1 Å². The van der Waals surface area contributed by atoms with E-state index in [0.717, 1.165) is 29.3 Å². The molecule has 2 aromatic rings. The van der Waals surface area contributed by atoms with Gasteiger partial charge < -0.3 is 35.7 Å². The number of nitrogens with one attached hydrogen (secondary N) is 3. The predicted molar refractivity (Wildman–Crippen MR) is 197 cm³/mol. The number of aromatic amines is 1. The van der Waals surface area contributed by atoms with Gasteiger partial charge in [-0.3, -0.25) is 24.0 Å². The molecule has 4 aliphatic rings. The first-order valence-electron chi connectivity index (χ1n) is 19.2. The standard InChI is InChI=1S/C41H53N3O10/c1-22(2)36(37(50)43-30(38(51)52)17-23-20-42-29-8-6-5-7-26(23)29)44-33(48)11-12-34(49)54-21-32(47)41(53)16-14-28-27-10-9-24-18-25(45)13-15-39(24,3)35(27)31(46)19-40(28,41)4/h5-8,18,20,22,27-28,30-31,35-36,42,46,53H,9-17,19,21H2,1-4H3,(H,43,50)(H,44,48)(H,51,52)/t27?,28?,30?,31?,35?,36?,39-,40-,41-/m0/s1. The van der Waals surface area contributed by atoms with Crippen LogP contribution < -0.4 is 10.6 Å². The van der Waals surface area contributed by atoms with Crippen molar-refractivity contribution < 1.29 is 48.8 Å². The minimum Gasteiger partial charge on any atom is -0.480 e. The van der Waals surface area contributed by atoms with Crippen LogP contribution in [0.25, 0.3) is 10.9 Å². The van der Waals surface area contributed by atoms with E-state index < -0.39 is 71.3 Å². The Morgan fingerprint density at radius 2 is 1.76 bits per heavy atom. The maximum absolute atomic E-state index is 13.6. The lowest BCUT2D eigenvalue weighted by Gasteiger charge is -2.60. The quantitative estimate of drug-likeness (QED) is 0.164. The second kappa shape index (κ2) is 15.1. The van der Waals surface area contributed by atoms with Crippen LogP contribution >= 0.6 is 0 Å². The van der Waals surface area contributed by atoms with Gasteiger partial charge in [-0.2, -0.15) is 0 Å². The number of amides is 2. The summed E-state index contributed by atoms with van der Waals surface area (Å²) in [5, 5.41) is 39.4. The number of allylic oxidation sites excluding steroid dienone is 1. The van der Waals surface area contributed by atoms with E-state index in [0.29, 0.717) is 24.8 Å². The molecule has 2 amide bonds. The summed E-state index contributed by atoms with van der Waals surface area (Å²) in [6.07, 6.45) is 5.61. The van der Waals surface area contributed by atoms with Gasteiger partial charge in [0.05, 0.1) is 12.5 Å². The number of Topliss-reactive ketones (excluding diaryl/α,β-unsaturated/α-hetero) is 1. The average molecular weight is 748 g/mol. The van der Waals surface area contributed by atoms with Gasteiger partial charge in [0.15, 0.2) is 12.4 Å². The van der Waals surface area contributed by atoms with Crippen molar-refractivity contribution in [3.05, 3.63) is 47.7 Å². The molecular weight excluding hydrogens is 694 g/mol. The number of ketones is 2. The Morgan fingerprint density at radius 1 is 1.02 bits per heavy atom. The number of carbonyl (C=O) groups is 6. The fraction of sp³-hybridized carbons (Fsp3) is 0.610. The lowest BCUT2D eigenvalue weighted by Crippen LogP contribution is -2.62. The zero-order valence-electron chi connectivity index (χ0n) is 31.5. The van der Waals surface area contributed by atoms with Crippen LogP contribution in [0.4, 0.5) is 0 Å². The summed E-state index contributed by atoms with van der Waals surface area (Å²) in [7, 11) is 0. The molecule has 0 bridgehead atoms. The maximum Gasteiger partial charge on any atom is 0.326 e. The Balaban J connectivity index is 1.01. The first-order chi connectivity index (χ1) is 25.5. The van der Waals surface area contributed by atoms with Crippen molar-refractivity contribution in [1.29, 1.82) is 0 Å². The van der Waals surface area contributed by atoms with E-state index in [1.165, 1.54) is 0 Å². The second-order valence-electron chi connectivity index (χ2n) is 16.8. The molecule has 13 heteroatoms. The maximum atomic E-state index is 13.6. The van der Waals surface area contributed by atoms with E-state index >= 15 is 0 Å². The van der Waals surface area contributed by atoms with Gasteiger partial charge in [-0.25, -0.2) is 4.79 Å². The highest BCUT2D eigenvalue weighted by Gasteiger charge is 2.68. The van der Waals surface area contributed by atoms with Gasteiger partial charge in [-0.1, -0.05) is 51.5 Å². The molecule has 1 aromatic heterocycles. The summed E-state index contributed by atoms with van der Waals surface area (Å²) in [5.74, 6) is -4.32. The van der Waals surface area contributed by atoms with Crippen molar-refractivity contribution >= 4 is 46.2 Å². The molecule has 1 heterocycles. The summed E-state index contributed by atoms with van der Waals surface area (Å²) >= 11 is 0. The summed E-state index contributed by atoms with van der Waals surface area (Å²) in [4.78, 5) is 79.9. The van der Waals surface area contributed by atoms with Gasteiger partial charge in [0.2, 0.25) is 17.6 Å². The van der Waals surface area contributed by atoms with Gasteiger partial charge in [-0.15, -0.1) is 0 Å². The van der Waals surface area contributed by atoms with Crippen molar-refractivity contribution in [1.82, 2.24) is 15.6 Å². The molecule has 0 spiro atoms. The number of esters is 1. The number of aliphatic hydroxyl groups is 2. The summed E-state index contributed by atoms with van der Waals surface area (Å²) < 4.78 is 5.27. The van der Waals surface area contributed by atoms with Crippen LogP contribution in [0.3, 0.4) is 0 Å². The molecule has 13 nitrogen and oxygen atoms in total. The molecule has 292 valence electrons. The molecule has 6 rings (SSSR count). The number of ether oxygens (including phenoxy) is 1. The van der Waals surface area contributed by atoms with Gasteiger partial charge in [0, 0.05) is 41.8 Å². The lowest BCUT2D eigenvalue weighted by molar-refractivity contribution is -0.184. The molecule has 0 saturated heterocycles. The highest BCUT2D eigenvalue weighted by atomic mass is 16.5. The van der Waals surface area contributed by atoms with Crippen LogP contribution in [0.1, 0.15) is 91.0 Å². The fourth-order valence-electron chi connectivity index (χ4n) is 10.5. The van der Waals surface area contributed by atoms with E-state index in [4.69, 9.17) is 4.74 Å². The fourth-order valence-corrected chi connectivity index (χ4v) is 10.5. The third kappa shape index (κ3) is 7.12. The molecule has 3 fully saturated rings. The number of hydrogen-bond acceptors (Lipinski definition) is 9. The van der Waals surface area contributed by atoms with Crippen LogP contribution in [0, 0.1) is 34.5 Å². The average Bonchev–Trinajstić information content (AvgIpc) is 3.65. The third-order valence-electron chi connectivity index (χ3n) is 13.4. The van der Waals surface area contributed by atoms with Crippen LogP contribution in [0.5, 0.6) is 0 Å². The molecule has 0 aliphatic heterocycles. The van der Waals surface area contributed by atoms with Crippen LogP contribution in [-0.4, -0.2) is 86.0 Å². The van der Waals surface area contributed by atoms with E-state index in [-0.39, 0.29) is 61.1 Å². The number of aliphatic carboxylic acids is 1.